The monoisotopic (exact) mass is 265 g/mol. The molecule has 2 N–H and O–H groups in total. The van der Waals surface area contributed by atoms with E-state index >= 15 is 0 Å². The van der Waals surface area contributed by atoms with E-state index in [-0.39, 0.29) is 5.91 Å². The van der Waals surface area contributed by atoms with E-state index in [1.165, 1.54) is 25.7 Å². The highest BCUT2D eigenvalue weighted by molar-refractivity contribution is 5.78. The SMILES string of the molecule is CC(NC(=O)CN1CCNCC1)C1CC2CCC1C2. The molecule has 1 amide bonds. The van der Waals surface area contributed by atoms with E-state index in [0.29, 0.717) is 12.6 Å². The number of rotatable bonds is 4. The zero-order chi connectivity index (χ0) is 13.2. The van der Waals surface area contributed by atoms with Crippen LogP contribution in [0.4, 0.5) is 0 Å². The van der Waals surface area contributed by atoms with Crippen molar-refractivity contribution < 1.29 is 4.79 Å². The second kappa shape index (κ2) is 5.80. The second-order valence-corrected chi connectivity index (χ2v) is 6.72. The second-order valence-electron chi connectivity index (χ2n) is 6.72. The van der Waals surface area contributed by atoms with E-state index in [1.807, 2.05) is 0 Å². The van der Waals surface area contributed by atoms with Gasteiger partial charge in [-0.05, 0) is 43.9 Å². The molecule has 1 saturated heterocycles. The molecule has 3 fully saturated rings. The Labute approximate surface area is 116 Å². The van der Waals surface area contributed by atoms with Gasteiger partial charge >= 0.3 is 0 Å². The molecule has 0 radical (unpaired) electrons. The molecule has 4 heteroatoms. The van der Waals surface area contributed by atoms with Crippen molar-refractivity contribution in [2.45, 2.75) is 38.6 Å². The summed E-state index contributed by atoms with van der Waals surface area (Å²) >= 11 is 0. The Morgan fingerprint density at radius 2 is 2.11 bits per heavy atom. The summed E-state index contributed by atoms with van der Waals surface area (Å²) in [6.45, 7) is 6.80. The normalized spacial score (nSPS) is 36.4. The van der Waals surface area contributed by atoms with Gasteiger partial charge in [0, 0.05) is 32.2 Å². The molecule has 19 heavy (non-hydrogen) atoms. The Kier molecular flexibility index (Phi) is 4.08. The lowest BCUT2D eigenvalue weighted by Gasteiger charge is -2.30. The summed E-state index contributed by atoms with van der Waals surface area (Å²) < 4.78 is 0. The Bertz CT molecular complexity index is 327. The van der Waals surface area contributed by atoms with Gasteiger partial charge in [0.2, 0.25) is 5.91 Å². The summed E-state index contributed by atoms with van der Waals surface area (Å²) in [4.78, 5) is 14.4. The summed E-state index contributed by atoms with van der Waals surface area (Å²) in [5.74, 6) is 2.81. The molecular formula is C15H27N3O. The quantitative estimate of drug-likeness (QED) is 0.791. The minimum absolute atomic E-state index is 0.220. The highest BCUT2D eigenvalue weighted by atomic mass is 16.2. The average Bonchev–Trinajstić information content (AvgIpc) is 3.02. The van der Waals surface area contributed by atoms with Gasteiger partial charge in [-0.25, -0.2) is 0 Å². The summed E-state index contributed by atoms with van der Waals surface area (Å²) in [5.41, 5.74) is 0. The molecule has 3 rings (SSSR count). The standard InChI is InChI=1S/C15H27N3O/c1-11(14-9-12-2-3-13(14)8-12)17-15(19)10-18-6-4-16-5-7-18/h11-14,16H,2-10H2,1H3,(H,17,19). The van der Waals surface area contributed by atoms with Crippen molar-refractivity contribution in [1.29, 1.82) is 0 Å². The maximum Gasteiger partial charge on any atom is 0.234 e. The predicted octanol–water partition coefficient (Wildman–Crippen LogP) is 0.833. The van der Waals surface area contributed by atoms with Gasteiger partial charge in [0.1, 0.15) is 0 Å². The highest BCUT2D eigenvalue weighted by Gasteiger charge is 2.42. The summed E-state index contributed by atoms with van der Waals surface area (Å²) in [6.07, 6.45) is 5.60. The molecule has 2 aliphatic carbocycles. The van der Waals surface area contributed by atoms with Gasteiger partial charge in [0.05, 0.1) is 6.54 Å². The molecule has 4 unspecified atom stereocenters. The number of nitrogens with one attached hydrogen (secondary N) is 2. The first-order chi connectivity index (χ1) is 9.22. The number of carbonyl (C=O) groups excluding carboxylic acids is 1. The van der Waals surface area contributed by atoms with Crippen LogP contribution in [-0.4, -0.2) is 49.6 Å². The lowest BCUT2D eigenvalue weighted by molar-refractivity contribution is -0.123. The number of carbonyl (C=O) groups is 1. The Morgan fingerprint density at radius 3 is 2.74 bits per heavy atom. The van der Waals surface area contributed by atoms with Gasteiger partial charge in [-0.15, -0.1) is 0 Å². The molecule has 0 aromatic rings. The van der Waals surface area contributed by atoms with Gasteiger partial charge in [0.25, 0.3) is 0 Å². The van der Waals surface area contributed by atoms with Gasteiger partial charge in [-0.2, -0.15) is 0 Å². The largest absolute Gasteiger partial charge is 0.352 e. The predicted molar refractivity (Wildman–Crippen MR) is 75.9 cm³/mol. The summed E-state index contributed by atoms with van der Waals surface area (Å²) in [6, 6.07) is 0.366. The maximum atomic E-state index is 12.1. The Balaban J connectivity index is 1.43. The van der Waals surface area contributed by atoms with Crippen LogP contribution in [0.3, 0.4) is 0 Å². The molecule has 1 heterocycles. The highest BCUT2D eigenvalue weighted by Crippen LogP contribution is 2.49. The van der Waals surface area contributed by atoms with Crippen molar-refractivity contribution in [3.63, 3.8) is 0 Å². The van der Waals surface area contributed by atoms with E-state index in [0.717, 1.165) is 43.9 Å². The van der Waals surface area contributed by atoms with Crippen LogP contribution in [-0.2, 0) is 4.79 Å². The summed E-state index contributed by atoms with van der Waals surface area (Å²) in [5, 5.41) is 6.57. The van der Waals surface area contributed by atoms with E-state index in [4.69, 9.17) is 0 Å². The molecule has 0 aromatic heterocycles. The van der Waals surface area contributed by atoms with Crippen LogP contribution in [0.15, 0.2) is 0 Å². The van der Waals surface area contributed by atoms with Gasteiger partial charge in [-0.1, -0.05) is 6.42 Å². The van der Waals surface area contributed by atoms with E-state index < -0.39 is 0 Å². The lowest BCUT2D eigenvalue weighted by atomic mass is 9.84. The molecule has 2 bridgehead atoms. The Morgan fingerprint density at radius 1 is 1.32 bits per heavy atom. The van der Waals surface area contributed by atoms with Crippen LogP contribution < -0.4 is 10.6 Å². The maximum absolute atomic E-state index is 12.1. The molecule has 4 nitrogen and oxygen atoms in total. The van der Waals surface area contributed by atoms with Crippen LogP contribution in [0.5, 0.6) is 0 Å². The minimum Gasteiger partial charge on any atom is -0.352 e. The minimum atomic E-state index is 0.220. The Hall–Kier alpha value is -0.610. The van der Waals surface area contributed by atoms with Crippen molar-refractivity contribution >= 4 is 5.91 Å². The molecule has 4 atom stereocenters. The molecule has 3 aliphatic rings. The smallest absolute Gasteiger partial charge is 0.234 e. The number of hydrogen-bond donors (Lipinski definition) is 2. The molecule has 0 aromatic carbocycles. The first kappa shape index (κ1) is 13.4. The molecule has 108 valence electrons. The molecule has 2 saturated carbocycles. The fraction of sp³-hybridized carbons (Fsp3) is 0.933. The van der Waals surface area contributed by atoms with Crippen molar-refractivity contribution in [3.05, 3.63) is 0 Å². The summed E-state index contributed by atoms with van der Waals surface area (Å²) in [7, 11) is 0. The van der Waals surface area contributed by atoms with Crippen molar-refractivity contribution in [3.8, 4) is 0 Å². The van der Waals surface area contributed by atoms with Crippen LogP contribution in [0, 0.1) is 17.8 Å². The van der Waals surface area contributed by atoms with Gasteiger partial charge in [0.15, 0.2) is 0 Å². The van der Waals surface area contributed by atoms with Gasteiger partial charge < -0.3 is 10.6 Å². The lowest BCUT2D eigenvalue weighted by Crippen LogP contribution is -2.49. The van der Waals surface area contributed by atoms with Crippen LogP contribution in [0.1, 0.15) is 32.6 Å². The number of hydrogen-bond acceptors (Lipinski definition) is 3. The number of fused-ring (bicyclic) bond motifs is 2. The molecular weight excluding hydrogens is 238 g/mol. The zero-order valence-corrected chi connectivity index (χ0v) is 12.0. The number of nitrogens with zero attached hydrogens (tertiary/aromatic N) is 1. The van der Waals surface area contributed by atoms with Crippen molar-refractivity contribution in [1.82, 2.24) is 15.5 Å². The average molecular weight is 265 g/mol. The molecule has 0 spiro atoms. The third-order valence-electron chi connectivity index (χ3n) is 5.40. The first-order valence-corrected chi connectivity index (χ1v) is 7.95. The van der Waals surface area contributed by atoms with E-state index in [1.54, 1.807) is 0 Å². The van der Waals surface area contributed by atoms with E-state index in [9.17, 15) is 4.79 Å². The van der Waals surface area contributed by atoms with Crippen molar-refractivity contribution in [2.24, 2.45) is 17.8 Å². The third kappa shape index (κ3) is 3.11. The van der Waals surface area contributed by atoms with Gasteiger partial charge in [-0.3, -0.25) is 9.69 Å². The number of piperazine rings is 1. The third-order valence-corrected chi connectivity index (χ3v) is 5.40. The fourth-order valence-corrected chi connectivity index (χ4v) is 4.39. The first-order valence-electron chi connectivity index (χ1n) is 7.95. The van der Waals surface area contributed by atoms with Crippen molar-refractivity contribution in [2.75, 3.05) is 32.7 Å². The van der Waals surface area contributed by atoms with Crippen LogP contribution >= 0.6 is 0 Å². The number of amides is 1. The van der Waals surface area contributed by atoms with E-state index in [2.05, 4.69) is 22.5 Å². The topological polar surface area (TPSA) is 44.4 Å². The van der Waals surface area contributed by atoms with Crippen LogP contribution in [0.25, 0.3) is 0 Å². The fourth-order valence-electron chi connectivity index (χ4n) is 4.39. The molecule has 1 aliphatic heterocycles. The zero-order valence-electron chi connectivity index (χ0n) is 12.0. The van der Waals surface area contributed by atoms with Crippen LogP contribution in [0.2, 0.25) is 0 Å².